The lowest BCUT2D eigenvalue weighted by atomic mass is 10.1. The van der Waals surface area contributed by atoms with Gasteiger partial charge in [-0.25, -0.2) is 0 Å². The Hall–Kier alpha value is -0.690. The molecule has 0 aliphatic heterocycles. The van der Waals surface area contributed by atoms with Gasteiger partial charge in [0.15, 0.2) is 0 Å². The molecule has 1 atom stereocenters. The van der Waals surface area contributed by atoms with Crippen molar-refractivity contribution in [2.75, 3.05) is 0 Å². The minimum Gasteiger partial charge on any atom is -0.491 e. The molecule has 0 radical (unpaired) electrons. The maximum Gasteiger partial charge on any atom is 0.119 e. The second kappa shape index (κ2) is 6.80. The molecule has 0 saturated heterocycles. The highest BCUT2D eigenvalue weighted by Crippen LogP contribution is 2.17. The molecule has 0 fully saturated rings. The Morgan fingerprint density at radius 2 is 1.81 bits per heavy atom. The van der Waals surface area contributed by atoms with E-state index in [0.717, 1.165) is 25.0 Å². The Morgan fingerprint density at radius 1 is 1.19 bits per heavy atom. The number of rotatable bonds is 6. The van der Waals surface area contributed by atoms with E-state index in [-0.39, 0.29) is 6.10 Å². The zero-order valence-electron chi connectivity index (χ0n) is 10.4. The van der Waals surface area contributed by atoms with Crippen molar-refractivity contribution in [3.05, 3.63) is 29.8 Å². The third kappa shape index (κ3) is 4.89. The van der Waals surface area contributed by atoms with E-state index >= 15 is 0 Å². The Morgan fingerprint density at radius 3 is 2.31 bits per heavy atom. The zero-order valence-corrected chi connectivity index (χ0v) is 11.1. The van der Waals surface area contributed by atoms with Crippen molar-refractivity contribution in [2.45, 2.75) is 51.5 Å². The molecule has 0 spiro atoms. The van der Waals surface area contributed by atoms with Crippen molar-refractivity contribution >= 4 is 11.6 Å². The molecule has 0 heterocycles. The smallest absolute Gasteiger partial charge is 0.119 e. The van der Waals surface area contributed by atoms with E-state index in [1.54, 1.807) is 0 Å². The number of alkyl halides is 1. The molecule has 1 aromatic carbocycles. The van der Waals surface area contributed by atoms with Crippen molar-refractivity contribution in [3.63, 3.8) is 0 Å². The molecule has 1 aromatic rings. The summed E-state index contributed by atoms with van der Waals surface area (Å²) >= 11 is 6.09. The van der Waals surface area contributed by atoms with E-state index in [2.05, 4.69) is 19.1 Å². The fourth-order valence-corrected chi connectivity index (χ4v) is 1.64. The van der Waals surface area contributed by atoms with Crippen LogP contribution in [0.1, 0.15) is 39.2 Å². The Labute approximate surface area is 104 Å². The number of benzene rings is 1. The van der Waals surface area contributed by atoms with Gasteiger partial charge >= 0.3 is 0 Å². The number of aryl methyl sites for hydroxylation is 1. The van der Waals surface area contributed by atoms with Crippen molar-refractivity contribution in [3.8, 4) is 5.75 Å². The van der Waals surface area contributed by atoms with Crippen molar-refractivity contribution in [1.29, 1.82) is 0 Å². The summed E-state index contributed by atoms with van der Waals surface area (Å²) in [6.07, 6.45) is 3.36. The molecule has 1 rings (SSSR count). The fraction of sp³-hybridized carbons (Fsp3) is 0.571. The first-order chi connectivity index (χ1) is 7.61. The third-order valence-electron chi connectivity index (χ3n) is 2.48. The molecule has 0 saturated carbocycles. The van der Waals surface area contributed by atoms with Crippen molar-refractivity contribution in [2.24, 2.45) is 0 Å². The SMILES string of the molecule is CCC(Cl)CCc1ccc(OC(C)C)cc1. The van der Waals surface area contributed by atoms with Gasteiger partial charge in [0.25, 0.3) is 0 Å². The average molecular weight is 241 g/mol. The van der Waals surface area contributed by atoms with Gasteiger partial charge in [-0.2, -0.15) is 0 Å². The van der Waals surface area contributed by atoms with Crippen LogP contribution >= 0.6 is 11.6 Å². The molecule has 0 aliphatic rings. The van der Waals surface area contributed by atoms with E-state index in [1.807, 2.05) is 26.0 Å². The Kier molecular flexibility index (Phi) is 5.68. The minimum absolute atomic E-state index is 0.234. The van der Waals surface area contributed by atoms with Crippen molar-refractivity contribution < 1.29 is 4.74 Å². The molecule has 1 nitrogen and oxygen atoms in total. The first kappa shape index (κ1) is 13.4. The largest absolute Gasteiger partial charge is 0.491 e. The van der Waals surface area contributed by atoms with Gasteiger partial charge in [0.1, 0.15) is 5.75 Å². The van der Waals surface area contributed by atoms with Crippen molar-refractivity contribution in [1.82, 2.24) is 0 Å². The second-order valence-corrected chi connectivity index (χ2v) is 4.97. The van der Waals surface area contributed by atoms with Crippen LogP contribution in [-0.4, -0.2) is 11.5 Å². The number of hydrogen-bond donors (Lipinski definition) is 0. The quantitative estimate of drug-likeness (QED) is 0.669. The summed E-state index contributed by atoms with van der Waals surface area (Å²) in [6.45, 7) is 6.19. The first-order valence-electron chi connectivity index (χ1n) is 6.01. The lowest BCUT2D eigenvalue weighted by molar-refractivity contribution is 0.242. The highest BCUT2D eigenvalue weighted by atomic mass is 35.5. The zero-order chi connectivity index (χ0) is 12.0. The Balaban J connectivity index is 2.45. The average Bonchev–Trinajstić information content (AvgIpc) is 2.27. The summed E-state index contributed by atoms with van der Waals surface area (Å²) < 4.78 is 5.59. The molecule has 0 bridgehead atoms. The molecule has 2 heteroatoms. The predicted octanol–water partition coefficient (Wildman–Crippen LogP) is 4.42. The first-order valence-corrected chi connectivity index (χ1v) is 6.45. The second-order valence-electron chi connectivity index (χ2n) is 4.35. The maximum absolute atomic E-state index is 6.09. The minimum atomic E-state index is 0.234. The molecule has 0 aromatic heterocycles. The van der Waals surface area contributed by atoms with Gasteiger partial charge in [-0.3, -0.25) is 0 Å². The monoisotopic (exact) mass is 240 g/mol. The lowest BCUT2D eigenvalue weighted by Gasteiger charge is -2.10. The van der Waals surface area contributed by atoms with Gasteiger partial charge in [-0.05, 0) is 50.8 Å². The van der Waals surface area contributed by atoms with E-state index in [0.29, 0.717) is 5.38 Å². The van der Waals surface area contributed by atoms with E-state index < -0.39 is 0 Å². The van der Waals surface area contributed by atoms with Gasteiger partial charge < -0.3 is 4.74 Å². The summed E-state index contributed by atoms with van der Waals surface area (Å²) in [5.41, 5.74) is 1.33. The Bertz CT molecular complexity index is 292. The van der Waals surface area contributed by atoms with Gasteiger partial charge in [-0.1, -0.05) is 19.1 Å². The molecule has 0 amide bonds. The van der Waals surface area contributed by atoms with Crippen LogP contribution in [0.4, 0.5) is 0 Å². The maximum atomic E-state index is 6.09. The molecule has 90 valence electrons. The van der Waals surface area contributed by atoms with Gasteiger partial charge in [0.05, 0.1) is 6.10 Å². The van der Waals surface area contributed by atoms with Crippen LogP contribution in [0.2, 0.25) is 0 Å². The summed E-state index contributed by atoms with van der Waals surface area (Å²) in [5.74, 6) is 0.941. The van der Waals surface area contributed by atoms with Gasteiger partial charge in [0.2, 0.25) is 0 Å². The number of ether oxygens (including phenoxy) is 1. The standard InChI is InChI=1S/C14H21ClO/c1-4-13(15)8-5-12-6-9-14(10-7-12)16-11(2)3/h6-7,9-11,13H,4-5,8H2,1-3H3. The molecular formula is C14H21ClO. The van der Waals surface area contributed by atoms with Crippen LogP contribution in [0.3, 0.4) is 0 Å². The molecule has 16 heavy (non-hydrogen) atoms. The summed E-state index contributed by atoms with van der Waals surface area (Å²) in [5, 5.41) is 0.298. The topological polar surface area (TPSA) is 9.23 Å². The summed E-state index contributed by atoms with van der Waals surface area (Å²) in [6, 6.07) is 8.31. The van der Waals surface area contributed by atoms with Gasteiger partial charge in [-0.15, -0.1) is 11.6 Å². The number of hydrogen-bond acceptors (Lipinski definition) is 1. The molecule has 0 aliphatic carbocycles. The van der Waals surface area contributed by atoms with Crippen LogP contribution in [0, 0.1) is 0 Å². The highest BCUT2D eigenvalue weighted by molar-refractivity contribution is 6.20. The number of halogens is 1. The predicted molar refractivity (Wildman–Crippen MR) is 70.5 cm³/mol. The van der Waals surface area contributed by atoms with E-state index in [9.17, 15) is 0 Å². The van der Waals surface area contributed by atoms with E-state index in [1.165, 1.54) is 5.56 Å². The van der Waals surface area contributed by atoms with Gasteiger partial charge in [0, 0.05) is 5.38 Å². The van der Waals surface area contributed by atoms with Crippen LogP contribution in [-0.2, 0) is 6.42 Å². The van der Waals surface area contributed by atoms with Crippen LogP contribution in [0.15, 0.2) is 24.3 Å². The van der Waals surface area contributed by atoms with Crippen LogP contribution < -0.4 is 4.74 Å². The summed E-state index contributed by atoms with van der Waals surface area (Å²) in [4.78, 5) is 0. The molecule has 1 unspecified atom stereocenters. The third-order valence-corrected chi connectivity index (χ3v) is 3.01. The van der Waals surface area contributed by atoms with Crippen LogP contribution in [0.5, 0.6) is 5.75 Å². The van der Waals surface area contributed by atoms with E-state index in [4.69, 9.17) is 16.3 Å². The summed E-state index contributed by atoms with van der Waals surface area (Å²) in [7, 11) is 0. The molecular weight excluding hydrogens is 220 g/mol. The lowest BCUT2D eigenvalue weighted by Crippen LogP contribution is -2.05. The fourth-order valence-electron chi connectivity index (χ4n) is 1.53. The normalized spacial score (nSPS) is 12.8. The molecule has 0 N–H and O–H groups in total. The van der Waals surface area contributed by atoms with Crippen LogP contribution in [0.25, 0.3) is 0 Å². The highest BCUT2D eigenvalue weighted by Gasteiger charge is 2.02.